The van der Waals surface area contributed by atoms with Crippen molar-refractivity contribution in [2.75, 3.05) is 26.2 Å². The molecule has 3 rings (SSSR count). The van der Waals surface area contributed by atoms with Crippen LogP contribution in [0.25, 0.3) is 0 Å². The normalized spacial score (nSPS) is 19.3. The van der Waals surface area contributed by atoms with Crippen LogP contribution in [0.1, 0.15) is 80.8 Å². The van der Waals surface area contributed by atoms with Crippen molar-refractivity contribution in [3.63, 3.8) is 0 Å². The summed E-state index contributed by atoms with van der Waals surface area (Å²) in [5.41, 5.74) is -4.70. The second-order valence-electron chi connectivity index (χ2n) is 11.3. The highest BCUT2D eigenvalue weighted by Crippen LogP contribution is 2.36. The van der Waals surface area contributed by atoms with Crippen molar-refractivity contribution in [1.82, 2.24) is 15.5 Å². The summed E-state index contributed by atoms with van der Waals surface area (Å²) >= 11 is 0. The van der Waals surface area contributed by atoms with E-state index in [2.05, 4.69) is 15.5 Å². The van der Waals surface area contributed by atoms with Crippen LogP contribution in [-0.4, -0.2) is 54.2 Å². The maximum absolute atomic E-state index is 13.1. The van der Waals surface area contributed by atoms with Gasteiger partial charge in [0.15, 0.2) is 0 Å². The van der Waals surface area contributed by atoms with Crippen LogP contribution < -0.4 is 10.6 Å². The van der Waals surface area contributed by atoms with Crippen molar-refractivity contribution in [3.8, 4) is 0 Å². The number of benzene rings is 1. The molecule has 0 unspecified atom stereocenters. The van der Waals surface area contributed by atoms with Gasteiger partial charge in [0.05, 0.1) is 16.7 Å². The minimum absolute atomic E-state index is 0.00128. The maximum atomic E-state index is 13.1. The van der Waals surface area contributed by atoms with Gasteiger partial charge in [-0.2, -0.15) is 26.3 Å². The third kappa shape index (κ3) is 8.51. The van der Waals surface area contributed by atoms with Crippen molar-refractivity contribution in [3.05, 3.63) is 34.9 Å². The number of carbonyl (C=O) groups is 2. The highest BCUT2D eigenvalue weighted by molar-refractivity contribution is 5.94. The van der Waals surface area contributed by atoms with E-state index in [1.165, 1.54) is 0 Å². The van der Waals surface area contributed by atoms with Crippen LogP contribution >= 0.6 is 0 Å². The molecule has 6 nitrogen and oxygen atoms in total. The number of likely N-dealkylation sites (tertiary alicyclic amines) is 1. The van der Waals surface area contributed by atoms with Crippen molar-refractivity contribution in [1.29, 1.82) is 0 Å². The van der Waals surface area contributed by atoms with Gasteiger partial charge < -0.3 is 20.3 Å². The number of hydrogen-bond acceptors (Lipinski definition) is 4. The van der Waals surface area contributed by atoms with Crippen LogP contribution in [0.4, 0.5) is 31.1 Å². The molecular formula is C26H35F6N3O3. The topological polar surface area (TPSA) is 70.7 Å². The highest BCUT2D eigenvalue weighted by atomic mass is 19.4. The molecule has 1 aromatic carbocycles. The van der Waals surface area contributed by atoms with Crippen LogP contribution in [0, 0.1) is 5.92 Å². The zero-order valence-electron chi connectivity index (χ0n) is 21.8. The molecule has 1 aliphatic carbocycles. The number of alkyl halides is 6. The second kappa shape index (κ2) is 11.3. The fraction of sp³-hybridized carbons (Fsp3) is 0.692. The minimum atomic E-state index is -5.02. The fourth-order valence-corrected chi connectivity index (χ4v) is 5.10. The Kier molecular flexibility index (Phi) is 8.95. The first-order valence-corrected chi connectivity index (χ1v) is 12.8. The van der Waals surface area contributed by atoms with Gasteiger partial charge in [0.25, 0.3) is 5.91 Å². The third-order valence-electron chi connectivity index (χ3n) is 6.96. The molecule has 214 valence electrons. The quantitative estimate of drug-likeness (QED) is 0.426. The van der Waals surface area contributed by atoms with Gasteiger partial charge in [0.1, 0.15) is 5.60 Å². The number of amides is 2. The summed E-state index contributed by atoms with van der Waals surface area (Å²) in [7, 11) is 0. The van der Waals surface area contributed by atoms with E-state index in [1.54, 1.807) is 20.8 Å². The molecule has 12 heteroatoms. The van der Waals surface area contributed by atoms with Gasteiger partial charge in [-0.3, -0.25) is 4.79 Å². The Balaban J connectivity index is 1.54. The molecule has 1 heterocycles. The molecule has 0 spiro atoms. The molecule has 0 bridgehead atoms. The summed E-state index contributed by atoms with van der Waals surface area (Å²) in [6, 6.07) is 0.874. The summed E-state index contributed by atoms with van der Waals surface area (Å²) in [6.07, 6.45) is -5.39. The molecule has 2 N–H and O–H groups in total. The first kappa shape index (κ1) is 30.0. The number of halogens is 6. The molecule has 1 aliphatic heterocycles. The van der Waals surface area contributed by atoms with Crippen molar-refractivity contribution >= 4 is 12.0 Å². The lowest BCUT2D eigenvalue weighted by atomic mass is 9.92. The summed E-state index contributed by atoms with van der Waals surface area (Å²) in [5, 5.41) is 5.58. The number of nitrogens with one attached hydrogen (secondary N) is 2. The fourth-order valence-electron chi connectivity index (χ4n) is 5.10. The molecule has 38 heavy (non-hydrogen) atoms. The van der Waals surface area contributed by atoms with E-state index in [4.69, 9.17) is 4.74 Å². The molecule has 2 amide bonds. The Morgan fingerprint density at radius 1 is 0.947 bits per heavy atom. The van der Waals surface area contributed by atoms with Gasteiger partial charge in [-0.1, -0.05) is 12.8 Å². The monoisotopic (exact) mass is 551 g/mol. The van der Waals surface area contributed by atoms with Crippen molar-refractivity contribution in [2.45, 2.75) is 82.8 Å². The third-order valence-corrected chi connectivity index (χ3v) is 6.96. The summed E-state index contributed by atoms with van der Waals surface area (Å²) < 4.78 is 84.0. The maximum Gasteiger partial charge on any atom is 0.416 e. The number of hydrogen-bond donors (Lipinski definition) is 2. The predicted molar refractivity (Wildman–Crippen MR) is 129 cm³/mol. The van der Waals surface area contributed by atoms with Gasteiger partial charge in [0, 0.05) is 18.7 Å². The Bertz CT molecular complexity index is 957. The van der Waals surface area contributed by atoms with Crippen molar-refractivity contribution < 1.29 is 40.7 Å². The number of piperidine rings is 1. The highest BCUT2D eigenvalue weighted by Gasteiger charge is 2.40. The van der Waals surface area contributed by atoms with Crippen molar-refractivity contribution in [2.24, 2.45) is 5.92 Å². The Labute approximate surface area is 218 Å². The molecule has 2 fully saturated rings. The van der Waals surface area contributed by atoms with Crippen LogP contribution in [0.3, 0.4) is 0 Å². The van der Waals surface area contributed by atoms with E-state index in [0.717, 1.165) is 25.7 Å². The first-order chi connectivity index (χ1) is 17.5. The van der Waals surface area contributed by atoms with Crippen LogP contribution in [-0.2, 0) is 17.1 Å². The van der Waals surface area contributed by atoms with Gasteiger partial charge in [-0.15, -0.1) is 0 Å². The van der Waals surface area contributed by atoms with Crippen LogP contribution in [0.2, 0.25) is 0 Å². The summed E-state index contributed by atoms with van der Waals surface area (Å²) in [6.45, 7) is 7.61. The predicted octanol–water partition coefficient (Wildman–Crippen LogP) is 6.00. The number of ether oxygens (including phenoxy) is 1. The lowest BCUT2D eigenvalue weighted by Crippen LogP contribution is -2.56. The van der Waals surface area contributed by atoms with E-state index in [1.807, 2.05) is 0 Å². The molecule has 2 aliphatic rings. The summed E-state index contributed by atoms with van der Waals surface area (Å²) in [4.78, 5) is 27.1. The average molecular weight is 552 g/mol. The van der Waals surface area contributed by atoms with Gasteiger partial charge in [-0.05, 0) is 83.7 Å². The molecule has 1 saturated carbocycles. The molecule has 0 aromatic heterocycles. The Morgan fingerprint density at radius 2 is 1.47 bits per heavy atom. The van der Waals surface area contributed by atoms with Gasteiger partial charge in [-0.25, -0.2) is 4.79 Å². The zero-order chi connectivity index (χ0) is 28.4. The van der Waals surface area contributed by atoms with E-state index >= 15 is 0 Å². The molecule has 1 saturated heterocycles. The number of rotatable bonds is 6. The molecule has 1 aromatic rings. The lowest BCUT2D eigenvalue weighted by molar-refractivity contribution is -0.143. The van der Waals surface area contributed by atoms with E-state index in [0.29, 0.717) is 44.6 Å². The number of nitrogens with zero attached hydrogens (tertiary/aromatic N) is 1. The SMILES string of the molecule is CC(C)(C)OC(=O)NC1(CN2CCC(CNC(=O)c3cc(C(F)(F)F)cc(C(F)(F)F)c3)CC2)CCCC1. The average Bonchev–Trinajstić information content (AvgIpc) is 3.23. The molecule has 0 radical (unpaired) electrons. The number of alkyl carbamates (subject to hydrolysis) is 1. The lowest BCUT2D eigenvalue weighted by Gasteiger charge is -2.39. The number of carbonyl (C=O) groups excluding carboxylic acids is 2. The second-order valence-corrected chi connectivity index (χ2v) is 11.3. The molecular weight excluding hydrogens is 516 g/mol. The standard InChI is InChI=1S/C26H35F6N3O3/c1-23(2,3)38-22(37)34-24(8-4-5-9-24)16-35-10-6-17(7-11-35)15-33-21(36)18-12-19(25(27,28)29)14-20(13-18)26(30,31)32/h12-14,17H,4-11,15-16H2,1-3H3,(H,33,36)(H,34,37). The van der Waals surface area contributed by atoms with Gasteiger partial charge >= 0.3 is 18.4 Å². The largest absolute Gasteiger partial charge is 0.444 e. The Hall–Kier alpha value is -2.50. The van der Waals surface area contributed by atoms with Crippen LogP contribution in [0.15, 0.2) is 18.2 Å². The first-order valence-electron chi connectivity index (χ1n) is 12.8. The Morgan fingerprint density at radius 3 is 1.95 bits per heavy atom. The summed E-state index contributed by atoms with van der Waals surface area (Å²) in [5.74, 6) is -0.947. The molecule has 0 atom stereocenters. The zero-order valence-corrected chi connectivity index (χ0v) is 21.8. The van der Waals surface area contributed by atoms with E-state index in [9.17, 15) is 35.9 Å². The smallest absolute Gasteiger partial charge is 0.416 e. The van der Waals surface area contributed by atoms with E-state index < -0.39 is 46.6 Å². The van der Waals surface area contributed by atoms with E-state index in [-0.39, 0.29) is 24.1 Å². The van der Waals surface area contributed by atoms with Crippen LogP contribution in [0.5, 0.6) is 0 Å². The minimum Gasteiger partial charge on any atom is -0.444 e. The van der Waals surface area contributed by atoms with Gasteiger partial charge in [0.2, 0.25) is 0 Å².